The lowest BCUT2D eigenvalue weighted by Gasteiger charge is -2.39. The van der Waals surface area contributed by atoms with Crippen molar-refractivity contribution in [2.45, 2.75) is 51.6 Å². The molecule has 0 spiro atoms. The standard InChI is InChI=1S/C21H33N5S2/c1-21(2,3)17-14-28-18(25-17)13-24-20(22-4)23-12-15-8-6-10-26(5)19(15)16-9-7-11-27-16/h7,9,11,14-15,19H,6,8,10,12-13H2,1-5H3,(H2,22,23,24). The van der Waals surface area contributed by atoms with E-state index in [4.69, 9.17) is 4.98 Å². The van der Waals surface area contributed by atoms with Crippen LogP contribution < -0.4 is 10.6 Å². The quantitative estimate of drug-likeness (QED) is 0.562. The fourth-order valence-corrected chi connectivity index (χ4v) is 5.67. The molecule has 28 heavy (non-hydrogen) atoms. The molecule has 2 aromatic rings. The lowest BCUT2D eigenvalue weighted by molar-refractivity contribution is 0.125. The van der Waals surface area contributed by atoms with E-state index in [1.807, 2.05) is 18.4 Å². The number of thiazole rings is 1. The van der Waals surface area contributed by atoms with E-state index in [-0.39, 0.29) is 5.41 Å². The summed E-state index contributed by atoms with van der Waals surface area (Å²) in [7, 11) is 4.08. The molecule has 0 aromatic carbocycles. The Morgan fingerprint density at radius 1 is 1.32 bits per heavy atom. The number of piperidine rings is 1. The summed E-state index contributed by atoms with van der Waals surface area (Å²) in [4.78, 5) is 13.1. The van der Waals surface area contributed by atoms with Crippen molar-refractivity contribution in [2.75, 3.05) is 27.2 Å². The minimum atomic E-state index is 0.0957. The molecular weight excluding hydrogens is 386 g/mol. The van der Waals surface area contributed by atoms with E-state index < -0.39 is 0 Å². The van der Waals surface area contributed by atoms with Gasteiger partial charge in [-0.3, -0.25) is 9.89 Å². The Labute approximate surface area is 177 Å². The number of thiophene rings is 1. The number of likely N-dealkylation sites (tertiary alicyclic amines) is 1. The largest absolute Gasteiger partial charge is 0.356 e. The lowest BCUT2D eigenvalue weighted by Crippen LogP contribution is -2.44. The number of nitrogens with zero attached hydrogens (tertiary/aromatic N) is 3. The van der Waals surface area contributed by atoms with Gasteiger partial charge in [0.1, 0.15) is 5.01 Å². The van der Waals surface area contributed by atoms with Crippen molar-refractivity contribution >= 4 is 28.6 Å². The van der Waals surface area contributed by atoms with Gasteiger partial charge in [-0.15, -0.1) is 22.7 Å². The monoisotopic (exact) mass is 419 g/mol. The first-order valence-corrected chi connectivity index (χ1v) is 11.8. The van der Waals surface area contributed by atoms with E-state index in [1.54, 1.807) is 11.3 Å². The first-order chi connectivity index (χ1) is 13.4. The molecule has 1 saturated heterocycles. The Hall–Kier alpha value is -1.44. The van der Waals surface area contributed by atoms with Gasteiger partial charge in [-0.1, -0.05) is 26.8 Å². The minimum absolute atomic E-state index is 0.0957. The van der Waals surface area contributed by atoms with Crippen LogP contribution in [-0.2, 0) is 12.0 Å². The highest BCUT2D eigenvalue weighted by atomic mass is 32.1. The number of hydrogen-bond acceptors (Lipinski definition) is 5. The van der Waals surface area contributed by atoms with Crippen molar-refractivity contribution in [1.29, 1.82) is 0 Å². The molecule has 0 radical (unpaired) electrons. The molecule has 7 heteroatoms. The van der Waals surface area contributed by atoms with Crippen molar-refractivity contribution in [3.63, 3.8) is 0 Å². The highest BCUT2D eigenvalue weighted by Gasteiger charge is 2.31. The van der Waals surface area contributed by atoms with Crippen molar-refractivity contribution in [3.05, 3.63) is 38.5 Å². The van der Waals surface area contributed by atoms with Gasteiger partial charge in [0.25, 0.3) is 0 Å². The summed E-state index contributed by atoms with van der Waals surface area (Å²) in [5, 5.41) is 12.4. The predicted molar refractivity (Wildman–Crippen MR) is 121 cm³/mol. The van der Waals surface area contributed by atoms with Gasteiger partial charge >= 0.3 is 0 Å². The summed E-state index contributed by atoms with van der Waals surface area (Å²) in [5.74, 6) is 1.44. The molecule has 5 nitrogen and oxygen atoms in total. The molecule has 2 aromatic heterocycles. The normalized spacial score (nSPS) is 21.7. The highest BCUT2D eigenvalue weighted by molar-refractivity contribution is 7.10. The van der Waals surface area contributed by atoms with Crippen LogP contribution in [0.5, 0.6) is 0 Å². The van der Waals surface area contributed by atoms with Crippen molar-refractivity contribution in [1.82, 2.24) is 20.5 Å². The average molecular weight is 420 g/mol. The molecule has 154 valence electrons. The molecule has 0 amide bonds. The topological polar surface area (TPSA) is 52.6 Å². The van der Waals surface area contributed by atoms with Crippen molar-refractivity contribution in [2.24, 2.45) is 10.9 Å². The number of hydrogen-bond donors (Lipinski definition) is 2. The Kier molecular flexibility index (Phi) is 7.12. The Balaban J connectivity index is 1.55. The molecule has 1 aliphatic heterocycles. The van der Waals surface area contributed by atoms with Crippen LogP contribution >= 0.6 is 22.7 Å². The first-order valence-electron chi connectivity index (χ1n) is 10.0. The second-order valence-electron chi connectivity index (χ2n) is 8.53. The van der Waals surface area contributed by atoms with Gasteiger partial charge in [-0.25, -0.2) is 4.98 Å². The van der Waals surface area contributed by atoms with Gasteiger partial charge in [-0.2, -0.15) is 0 Å². The molecule has 2 N–H and O–H groups in total. The maximum absolute atomic E-state index is 4.76. The fourth-order valence-electron chi connectivity index (χ4n) is 3.73. The maximum Gasteiger partial charge on any atom is 0.191 e. The zero-order valence-corrected chi connectivity index (χ0v) is 19.3. The number of rotatable bonds is 5. The van der Waals surface area contributed by atoms with Crippen LogP contribution in [0.4, 0.5) is 0 Å². The van der Waals surface area contributed by atoms with Gasteiger partial charge in [-0.05, 0) is 43.8 Å². The van der Waals surface area contributed by atoms with Gasteiger partial charge in [0.05, 0.1) is 12.2 Å². The zero-order chi connectivity index (χ0) is 20.1. The first kappa shape index (κ1) is 21.3. The van der Waals surface area contributed by atoms with Gasteiger partial charge in [0.15, 0.2) is 5.96 Å². The maximum atomic E-state index is 4.76. The van der Waals surface area contributed by atoms with E-state index in [2.05, 4.69) is 71.2 Å². The summed E-state index contributed by atoms with van der Waals surface area (Å²) in [6, 6.07) is 4.92. The van der Waals surface area contributed by atoms with Crippen LogP contribution in [-0.4, -0.2) is 43.0 Å². The molecule has 2 atom stereocenters. The van der Waals surface area contributed by atoms with E-state index in [1.165, 1.54) is 24.3 Å². The molecule has 3 rings (SSSR count). The average Bonchev–Trinajstić information content (AvgIpc) is 3.33. The number of nitrogens with one attached hydrogen (secondary N) is 2. The smallest absolute Gasteiger partial charge is 0.191 e. The third-order valence-electron chi connectivity index (χ3n) is 5.32. The van der Waals surface area contributed by atoms with Gasteiger partial charge in [0.2, 0.25) is 0 Å². The molecular formula is C21H33N5S2. The predicted octanol–water partition coefficient (Wildman–Crippen LogP) is 4.25. The van der Waals surface area contributed by atoms with Gasteiger partial charge < -0.3 is 10.6 Å². The molecule has 1 aliphatic rings. The van der Waals surface area contributed by atoms with Crippen LogP contribution in [0.15, 0.2) is 27.9 Å². The number of aliphatic imine (C=N–C) groups is 1. The van der Waals surface area contributed by atoms with Crippen LogP contribution in [0, 0.1) is 5.92 Å². The molecule has 3 heterocycles. The van der Waals surface area contributed by atoms with E-state index in [0.29, 0.717) is 18.5 Å². The summed E-state index contributed by atoms with van der Waals surface area (Å²) >= 11 is 3.58. The van der Waals surface area contributed by atoms with Crippen LogP contribution in [0.3, 0.4) is 0 Å². The third-order valence-corrected chi connectivity index (χ3v) is 7.12. The third kappa shape index (κ3) is 5.33. The van der Waals surface area contributed by atoms with Crippen LogP contribution in [0.2, 0.25) is 0 Å². The lowest BCUT2D eigenvalue weighted by atomic mass is 9.88. The number of guanidine groups is 1. The van der Waals surface area contributed by atoms with Crippen LogP contribution in [0.1, 0.15) is 55.2 Å². The zero-order valence-electron chi connectivity index (χ0n) is 17.7. The summed E-state index contributed by atoms with van der Waals surface area (Å²) < 4.78 is 0. The van der Waals surface area contributed by atoms with Crippen molar-refractivity contribution in [3.8, 4) is 0 Å². The van der Waals surface area contributed by atoms with Crippen LogP contribution in [0.25, 0.3) is 0 Å². The van der Waals surface area contributed by atoms with E-state index >= 15 is 0 Å². The Morgan fingerprint density at radius 2 is 2.14 bits per heavy atom. The Morgan fingerprint density at radius 3 is 2.79 bits per heavy atom. The molecule has 0 bridgehead atoms. The molecule has 0 saturated carbocycles. The molecule has 1 fully saturated rings. The van der Waals surface area contributed by atoms with E-state index in [9.17, 15) is 0 Å². The second kappa shape index (κ2) is 9.37. The van der Waals surface area contributed by atoms with Gasteiger partial charge in [0, 0.05) is 35.3 Å². The van der Waals surface area contributed by atoms with E-state index in [0.717, 1.165) is 23.2 Å². The minimum Gasteiger partial charge on any atom is -0.356 e. The second-order valence-corrected chi connectivity index (χ2v) is 10.4. The highest BCUT2D eigenvalue weighted by Crippen LogP contribution is 2.36. The summed E-state index contributed by atoms with van der Waals surface area (Å²) in [5.41, 5.74) is 1.25. The number of aromatic nitrogens is 1. The SMILES string of the molecule is CN=C(NCc1nc(C(C)(C)C)cs1)NCC1CCCN(C)C1c1cccs1. The summed E-state index contributed by atoms with van der Waals surface area (Å²) in [6.07, 6.45) is 2.50. The molecule has 0 aliphatic carbocycles. The Bertz CT molecular complexity index is 760. The molecule has 2 unspecified atom stereocenters. The van der Waals surface area contributed by atoms with Crippen molar-refractivity contribution < 1.29 is 0 Å². The fraction of sp³-hybridized carbons (Fsp3) is 0.619. The summed E-state index contributed by atoms with van der Waals surface area (Å²) in [6.45, 7) is 9.41.